The van der Waals surface area contributed by atoms with Crippen LogP contribution in [0.25, 0.3) is 10.9 Å². The van der Waals surface area contributed by atoms with Crippen molar-refractivity contribution in [2.45, 2.75) is 58.7 Å². The smallest absolute Gasteiger partial charge is 0.353 e. The summed E-state index contributed by atoms with van der Waals surface area (Å²) in [5.74, 6) is 0.0398. The van der Waals surface area contributed by atoms with Gasteiger partial charge < -0.3 is 14.7 Å². The predicted octanol–water partition coefficient (Wildman–Crippen LogP) is 6.22. The van der Waals surface area contributed by atoms with Gasteiger partial charge in [-0.25, -0.2) is 9.78 Å². The second-order valence-electron chi connectivity index (χ2n) is 8.71. The van der Waals surface area contributed by atoms with Crippen LogP contribution in [0.5, 0.6) is 5.75 Å². The maximum Gasteiger partial charge on any atom is 0.353 e. The average Bonchev–Trinajstić information content (AvgIpc) is 2.84. The van der Waals surface area contributed by atoms with Crippen molar-refractivity contribution in [3.63, 3.8) is 0 Å². The Kier molecular flexibility index (Phi) is 7.23. The Morgan fingerprint density at radius 1 is 1.12 bits per heavy atom. The van der Waals surface area contributed by atoms with E-state index in [4.69, 9.17) is 14.7 Å². The van der Waals surface area contributed by atoms with Crippen molar-refractivity contribution in [2.75, 3.05) is 0 Å². The van der Waals surface area contributed by atoms with Gasteiger partial charge in [-0.3, -0.25) is 0 Å². The number of fused-ring (bicyclic) bond motifs is 1. The third-order valence-electron chi connectivity index (χ3n) is 6.25. The number of aliphatic carboxylic acids is 1. The number of hydrogen-bond acceptors (Lipinski definition) is 5. The summed E-state index contributed by atoms with van der Waals surface area (Å²) < 4.78 is 6.07. The van der Waals surface area contributed by atoms with E-state index in [-0.39, 0.29) is 11.8 Å². The summed E-state index contributed by atoms with van der Waals surface area (Å²) in [4.78, 5) is 21.6. The Morgan fingerprint density at radius 3 is 2.67 bits per heavy atom. The number of carboxylic acid groups (broad SMARTS) is 1. The van der Waals surface area contributed by atoms with Crippen LogP contribution in [0.4, 0.5) is 0 Å². The van der Waals surface area contributed by atoms with Gasteiger partial charge in [0.25, 0.3) is 0 Å². The normalized spacial score (nSPS) is 15.9. The Morgan fingerprint density at radius 2 is 1.91 bits per heavy atom. The number of para-hydroxylation sites is 1. The van der Waals surface area contributed by atoms with Crippen molar-refractivity contribution in [1.82, 2.24) is 4.98 Å². The molecule has 0 bridgehead atoms. The molecule has 33 heavy (non-hydrogen) atoms. The van der Waals surface area contributed by atoms with E-state index >= 15 is 0 Å². The first kappa shape index (κ1) is 22.8. The average molecular weight is 447 g/mol. The Bertz CT molecular complexity index is 1150. The summed E-state index contributed by atoms with van der Waals surface area (Å²) in [6.45, 7) is 3.84. The largest absolute Gasteiger partial charge is 0.487 e. The van der Waals surface area contributed by atoms with Crippen LogP contribution in [0, 0.1) is 12.8 Å². The molecule has 0 saturated heterocycles. The van der Waals surface area contributed by atoms with Gasteiger partial charge >= 0.3 is 5.97 Å². The molecule has 1 aromatic heterocycles. The van der Waals surface area contributed by atoms with Crippen molar-refractivity contribution < 1.29 is 19.5 Å². The van der Waals surface area contributed by atoms with Gasteiger partial charge in [-0.1, -0.05) is 54.8 Å². The topological polar surface area (TPSA) is 81.0 Å². The molecule has 0 amide bonds. The quantitative estimate of drug-likeness (QED) is 0.328. The van der Waals surface area contributed by atoms with Gasteiger partial charge in [0.05, 0.1) is 11.2 Å². The van der Waals surface area contributed by atoms with Gasteiger partial charge in [-0.15, -0.1) is 0 Å². The molecule has 1 atom stereocenters. The lowest BCUT2D eigenvalue weighted by Crippen LogP contribution is -2.19. The summed E-state index contributed by atoms with van der Waals surface area (Å²) >= 11 is 0. The minimum Gasteiger partial charge on any atom is -0.487 e. The molecule has 0 radical (unpaired) electrons. The number of carboxylic acids is 1. The number of benzene rings is 2. The molecule has 1 N–H and O–H groups in total. The van der Waals surface area contributed by atoms with Crippen LogP contribution in [0.1, 0.15) is 62.0 Å². The Balaban J connectivity index is 1.50. The van der Waals surface area contributed by atoms with Gasteiger partial charge in [0.2, 0.25) is 0 Å². The Labute approximate surface area is 194 Å². The second-order valence-corrected chi connectivity index (χ2v) is 8.71. The minimum absolute atomic E-state index is 0.0460. The molecule has 1 fully saturated rings. The summed E-state index contributed by atoms with van der Waals surface area (Å²) in [5.41, 5.74) is 3.78. The van der Waals surface area contributed by atoms with E-state index in [9.17, 15) is 4.79 Å². The zero-order valence-electron chi connectivity index (χ0n) is 19.2. The first-order chi connectivity index (χ1) is 16.0. The molecule has 4 rings (SSSR count). The second kappa shape index (κ2) is 10.5. The van der Waals surface area contributed by atoms with E-state index in [0.29, 0.717) is 12.5 Å². The molecule has 172 valence electrons. The number of aryl methyl sites for hydroxylation is 1. The van der Waals surface area contributed by atoms with Crippen molar-refractivity contribution in [3.8, 4) is 5.75 Å². The zero-order valence-corrected chi connectivity index (χ0v) is 19.2. The highest BCUT2D eigenvalue weighted by Gasteiger charge is 2.28. The first-order valence-corrected chi connectivity index (χ1v) is 11.5. The number of oxime groups is 1. The number of pyridine rings is 1. The van der Waals surface area contributed by atoms with E-state index in [1.165, 1.54) is 13.3 Å². The molecule has 1 heterocycles. The van der Waals surface area contributed by atoms with Crippen LogP contribution >= 0.6 is 0 Å². The number of carbonyl (C=O) groups is 1. The van der Waals surface area contributed by atoms with Crippen molar-refractivity contribution in [3.05, 3.63) is 71.4 Å². The highest BCUT2D eigenvalue weighted by Crippen LogP contribution is 2.38. The van der Waals surface area contributed by atoms with Crippen LogP contribution in [0.2, 0.25) is 0 Å². The number of aromatic nitrogens is 1. The molecule has 6 heteroatoms. The van der Waals surface area contributed by atoms with Crippen LogP contribution in [0.15, 0.2) is 59.8 Å². The van der Waals surface area contributed by atoms with E-state index in [1.54, 1.807) is 0 Å². The lowest BCUT2D eigenvalue weighted by Gasteiger charge is -2.29. The highest BCUT2D eigenvalue weighted by molar-refractivity contribution is 6.34. The van der Waals surface area contributed by atoms with Crippen LogP contribution in [-0.2, 0) is 16.2 Å². The monoisotopic (exact) mass is 446 g/mol. The van der Waals surface area contributed by atoms with Gasteiger partial charge in [0, 0.05) is 11.3 Å². The molecule has 1 saturated carbocycles. The molecular formula is C27H30N2O4. The lowest BCUT2D eigenvalue weighted by molar-refractivity contribution is -0.129. The number of ether oxygens (including phenoxy) is 1. The van der Waals surface area contributed by atoms with Crippen LogP contribution in [-0.4, -0.2) is 21.8 Å². The summed E-state index contributed by atoms with van der Waals surface area (Å²) in [6, 6.07) is 18.1. The molecule has 1 unspecified atom stereocenters. The van der Waals surface area contributed by atoms with Gasteiger partial charge in [0.1, 0.15) is 12.4 Å². The molecule has 1 aliphatic carbocycles. The minimum atomic E-state index is -1.07. The molecule has 3 aromatic rings. The summed E-state index contributed by atoms with van der Waals surface area (Å²) in [5, 5.41) is 14.1. The van der Waals surface area contributed by atoms with Gasteiger partial charge in [-0.2, -0.15) is 0 Å². The fourth-order valence-corrected chi connectivity index (χ4v) is 4.38. The van der Waals surface area contributed by atoms with E-state index < -0.39 is 5.97 Å². The van der Waals surface area contributed by atoms with E-state index in [0.717, 1.165) is 59.2 Å². The predicted molar refractivity (Wildman–Crippen MR) is 128 cm³/mol. The third kappa shape index (κ3) is 5.69. The highest BCUT2D eigenvalue weighted by atomic mass is 16.6. The number of hydrogen-bond donors (Lipinski definition) is 1. The molecule has 0 aliphatic heterocycles. The van der Waals surface area contributed by atoms with Crippen molar-refractivity contribution >= 4 is 22.6 Å². The third-order valence-corrected chi connectivity index (χ3v) is 6.25. The first-order valence-electron chi connectivity index (χ1n) is 11.5. The van der Waals surface area contributed by atoms with E-state index in [1.807, 2.05) is 49.4 Å². The Hall–Kier alpha value is -3.41. The van der Waals surface area contributed by atoms with Gasteiger partial charge in [-0.05, 0) is 62.1 Å². The molecule has 6 nitrogen and oxygen atoms in total. The number of rotatable bonds is 8. The fraction of sp³-hybridized carbons (Fsp3) is 0.370. The van der Waals surface area contributed by atoms with Gasteiger partial charge in [0.15, 0.2) is 11.8 Å². The SMILES string of the molecule is C/C(=N\OC(c1ccc(OCc2ccc3ccccc3n2)c(C)c1)C1CCCCC1)C(=O)O. The molecule has 0 spiro atoms. The van der Waals surface area contributed by atoms with Crippen molar-refractivity contribution in [1.29, 1.82) is 0 Å². The fourth-order valence-electron chi connectivity index (χ4n) is 4.38. The number of nitrogens with zero attached hydrogens (tertiary/aromatic N) is 2. The van der Waals surface area contributed by atoms with E-state index in [2.05, 4.69) is 22.3 Å². The molecule has 1 aliphatic rings. The maximum absolute atomic E-state index is 11.2. The van der Waals surface area contributed by atoms with Crippen LogP contribution in [0.3, 0.4) is 0 Å². The summed E-state index contributed by atoms with van der Waals surface area (Å²) in [6.07, 6.45) is 5.38. The standard InChI is InChI=1S/C27H30N2O4/c1-18-16-22(26(21-9-4-3-5-10-21)33-29-19(2)27(30)31)13-15-25(18)32-17-23-14-12-20-8-6-7-11-24(20)28-23/h6-8,11-16,21,26H,3-5,9-10,17H2,1-2H3,(H,30,31)/b29-19+. The summed E-state index contributed by atoms with van der Waals surface area (Å²) in [7, 11) is 0. The van der Waals surface area contributed by atoms with Crippen molar-refractivity contribution in [2.24, 2.45) is 11.1 Å². The molecular weight excluding hydrogens is 416 g/mol. The maximum atomic E-state index is 11.2. The molecule has 2 aromatic carbocycles. The van der Waals surface area contributed by atoms with Crippen LogP contribution < -0.4 is 4.74 Å². The zero-order chi connectivity index (χ0) is 23.2. The lowest BCUT2D eigenvalue weighted by atomic mass is 9.82.